The first-order valence-electron chi connectivity index (χ1n) is 10.5. The Morgan fingerprint density at radius 1 is 0.700 bits per heavy atom. The molecule has 0 heterocycles. The molecule has 148 valence electrons. The topological polar surface area (TPSA) is 26.3 Å². The second kappa shape index (κ2) is 8.16. The fourth-order valence-corrected chi connectivity index (χ4v) is 4.73. The Hall–Kier alpha value is -3.39. The number of carbonyl (C=O) groups is 1. The van der Waals surface area contributed by atoms with Crippen molar-refractivity contribution >= 4 is 16.7 Å². The Morgan fingerprint density at radius 3 is 1.93 bits per heavy atom. The van der Waals surface area contributed by atoms with Gasteiger partial charge in [-0.1, -0.05) is 103 Å². The summed E-state index contributed by atoms with van der Waals surface area (Å²) in [6, 6.07) is 35.1. The number of esters is 1. The lowest BCUT2D eigenvalue weighted by molar-refractivity contribution is -0.155. The molecule has 0 amide bonds. The highest BCUT2D eigenvalue weighted by molar-refractivity contribution is 5.86. The molecule has 1 aliphatic carbocycles. The van der Waals surface area contributed by atoms with Crippen molar-refractivity contribution in [2.45, 2.75) is 24.9 Å². The minimum atomic E-state index is -0.148. The predicted octanol–water partition coefficient (Wildman–Crippen LogP) is 6.47. The molecule has 30 heavy (non-hydrogen) atoms. The molecule has 0 spiro atoms. The van der Waals surface area contributed by atoms with E-state index in [-0.39, 0.29) is 23.7 Å². The van der Waals surface area contributed by atoms with Crippen molar-refractivity contribution in [3.63, 3.8) is 0 Å². The van der Waals surface area contributed by atoms with E-state index in [9.17, 15) is 4.79 Å². The predicted molar refractivity (Wildman–Crippen MR) is 120 cm³/mol. The molecular formula is C28H24O2. The van der Waals surface area contributed by atoms with E-state index in [2.05, 4.69) is 42.5 Å². The summed E-state index contributed by atoms with van der Waals surface area (Å²) in [4.78, 5) is 13.3. The van der Waals surface area contributed by atoms with E-state index >= 15 is 0 Å². The second-order valence-electron chi connectivity index (χ2n) is 8.04. The van der Waals surface area contributed by atoms with Crippen molar-refractivity contribution in [3.8, 4) is 0 Å². The molecule has 5 rings (SSSR count). The molecule has 0 aliphatic heterocycles. The van der Waals surface area contributed by atoms with Gasteiger partial charge in [-0.2, -0.15) is 0 Å². The van der Waals surface area contributed by atoms with Crippen LogP contribution in [0, 0.1) is 5.92 Å². The zero-order chi connectivity index (χ0) is 20.3. The molecule has 0 bridgehead atoms. The Morgan fingerprint density at radius 2 is 1.27 bits per heavy atom. The summed E-state index contributed by atoms with van der Waals surface area (Å²) in [5.41, 5.74) is 3.49. The number of fused-ring (bicyclic) bond motifs is 1. The summed E-state index contributed by atoms with van der Waals surface area (Å²) in [5.74, 6) is 0.162. The van der Waals surface area contributed by atoms with Crippen LogP contribution in [0.5, 0.6) is 0 Å². The van der Waals surface area contributed by atoms with E-state index in [0.29, 0.717) is 6.61 Å². The molecule has 4 aromatic carbocycles. The van der Waals surface area contributed by atoms with Crippen LogP contribution in [-0.4, -0.2) is 5.97 Å². The highest BCUT2D eigenvalue weighted by atomic mass is 16.5. The van der Waals surface area contributed by atoms with Gasteiger partial charge < -0.3 is 4.74 Å². The fourth-order valence-electron chi connectivity index (χ4n) is 4.73. The van der Waals surface area contributed by atoms with Crippen LogP contribution in [0.4, 0.5) is 0 Å². The highest BCUT2D eigenvalue weighted by Gasteiger charge is 2.47. The van der Waals surface area contributed by atoms with Crippen LogP contribution >= 0.6 is 0 Å². The van der Waals surface area contributed by atoms with E-state index in [1.807, 2.05) is 60.7 Å². The minimum absolute atomic E-state index is 0.100. The van der Waals surface area contributed by atoms with E-state index in [4.69, 9.17) is 4.74 Å². The second-order valence-corrected chi connectivity index (χ2v) is 8.04. The number of ether oxygens (including phenoxy) is 1. The zero-order valence-electron chi connectivity index (χ0n) is 16.8. The molecule has 3 atom stereocenters. The van der Waals surface area contributed by atoms with E-state index < -0.39 is 0 Å². The Kier molecular flexibility index (Phi) is 5.06. The van der Waals surface area contributed by atoms with Crippen molar-refractivity contribution in [3.05, 3.63) is 120 Å². The molecular weight excluding hydrogens is 368 g/mol. The van der Waals surface area contributed by atoms with Gasteiger partial charge in [0.15, 0.2) is 0 Å². The number of hydrogen-bond donors (Lipinski definition) is 0. The van der Waals surface area contributed by atoms with Gasteiger partial charge >= 0.3 is 5.97 Å². The third kappa shape index (κ3) is 3.50. The van der Waals surface area contributed by atoms with Crippen molar-refractivity contribution < 1.29 is 9.53 Å². The summed E-state index contributed by atoms with van der Waals surface area (Å²) < 4.78 is 5.90. The molecule has 1 saturated carbocycles. The molecule has 0 aromatic heterocycles. The van der Waals surface area contributed by atoms with Crippen LogP contribution in [-0.2, 0) is 16.1 Å². The minimum Gasteiger partial charge on any atom is -0.461 e. The van der Waals surface area contributed by atoms with Gasteiger partial charge in [0, 0.05) is 0 Å². The van der Waals surface area contributed by atoms with Gasteiger partial charge in [0.2, 0.25) is 0 Å². The number of benzene rings is 4. The number of carbonyl (C=O) groups excluding carboxylic acids is 1. The fraction of sp³-hybridized carbons (Fsp3) is 0.179. The third-order valence-electron chi connectivity index (χ3n) is 6.35. The standard InChI is InChI=1S/C28H24O2/c29-28(30-19-23-16-9-15-20-14-7-8-17-24(20)23)27-25(21-10-3-1-4-11-21)18-26(27)22-12-5-2-6-13-22/h1-17,25-27H,18-19H2/t25-,26?,27?/m1/s1. The van der Waals surface area contributed by atoms with E-state index in [0.717, 1.165) is 17.4 Å². The van der Waals surface area contributed by atoms with E-state index in [1.165, 1.54) is 16.5 Å². The van der Waals surface area contributed by atoms with Crippen molar-refractivity contribution in [1.29, 1.82) is 0 Å². The van der Waals surface area contributed by atoms with Crippen LogP contribution in [0.25, 0.3) is 10.8 Å². The Balaban J connectivity index is 1.39. The first-order valence-corrected chi connectivity index (χ1v) is 10.5. The van der Waals surface area contributed by atoms with E-state index in [1.54, 1.807) is 0 Å². The number of rotatable bonds is 5. The SMILES string of the molecule is O=C(OCc1cccc2ccccc12)C1C(c2ccccc2)C[C@@H]1c1ccccc1. The summed E-state index contributed by atoms with van der Waals surface area (Å²) >= 11 is 0. The average molecular weight is 392 g/mol. The normalized spacial score (nSPS) is 20.5. The van der Waals surface area contributed by atoms with Crippen molar-refractivity contribution in [2.24, 2.45) is 5.92 Å². The lowest BCUT2D eigenvalue weighted by atomic mass is 9.60. The van der Waals surface area contributed by atoms with Gasteiger partial charge in [0.05, 0.1) is 5.92 Å². The maximum atomic E-state index is 13.3. The summed E-state index contributed by atoms with van der Waals surface area (Å²) in [5, 5.41) is 2.31. The maximum Gasteiger partial charge on any atom is 0.310 e. The van der Waals surface area contributed by atoms with Gasteiger partial charge in [0.1, 0.15) is 6.61 Å². The largest absolute Gasteiger partial charge is 0.461 e. The molecule has 0 N–H and O–H groups in total. The van der Waals surface area contributed by atoms with Gasteiger partial charge in [-0.25, -0.2) is 0 Å². The van der Waals surface area contributed by atoms with Crippen LogP contribution in [0.15, 0.2) is 103 Å². The summed E-state index contributed by atoms with van der Waals surface area (Å²) in [6.45, 7) is 0.305. The molecule has 0 saturated heterocycles. The van der Waals surface area contributed by atoms with Gasteiger partial charge in [-0.3, -0.25) is 4.79 Å². The quantitative estimate of drug-likeness (QED) is 0.364. The van der Waals surface area contributed by atoms with Crippen LogP contribution in [0.2, 0.25) is 0 Å². The Bertz CT molecular complexity index is 1100. The molecule has 0 radical (unpaired) electrons. The average Bonchev–Trinajstić information content (AvgIpc) is 2.78. The van der Waals surface area contributed by atoms with Crippen LogP contribution in [0.3, 0.4) is 0 Å². The molecule has 2 heteroatoms. The molecule has 2 unspecified atom stereocenters. The lowest BCUT2D eigenvalue weighted by Crippen LogP contribution is -2.40. The van der Waals surface area contributed by atoms with Crippen molar-refractivity contribution in [2.75, 3.05) is 0 Å². The first-order chi connectivity index (χ1) is 14.8. The Labute approximate surface area is 177 Å². The zero-order valence-corrected chi connectivity index (χ0v) is 16.8. The number of hydrogen-bond acceptors (Lipinski definition) is 2. The lowest BCUT2D eigenvalue weighted by Gasteiger charge is -2.43. The van der Waals surface area contributed by atoms with Crippen LogP contribution < -0.4 is 0 Å². The summed E-state index contributed by atoms with van der Waals surface area (Å²) in [6.07, 6.45) is 0.974. The maximum absolute atomic E-state index is 13.3. The smallest absolute Gasteiger partial charge is 0.310 e. The van der Waals surface area contributed by atoms with Gasteiger partial charge in [-0.05, 0) is 45.7 Å². The molecule has 2 nitrogen and oxygen atoms in total. The molecule has 1 fully saturated rings. The highest BCUT2D eigenvalue weighted by Crippen LogP contribution is 2.53. The first kappa shape index (κ1) is 18.6. The molecule has 4 aromatic rings. The monoisotopic (exact) mass is 392 g/mol. The molecule has 1 aliphatic rings. The van der Waals surface area contributed by atoms with Gasteiger partial charge in [0.25, 0.3) is 0 Å². The summed E-state index contributed by atoms with van der Waals surface area (Å²) in [7, 11) is 0. The van der Waals surface area contributed by atoms with Crippen LogP contribution in [0.1, 0.15) is 34.9 Å². The third-order valence-corrected chi connectivity index (χ3v) is 6.35. The van der Waals surface area contributed by atoms with Gasteiger partial charge in [-0.15, -0.1) is 0 Å². The van der Waals surface area contributed by atoms with Crippen molar-refractivity contribution in [1.82, 2.24) is 0 Å².